The Morgan fingerprint density at radius 2 is 2.09 bits per heavy atom. The summed E-state index contributed by atoms with van der Waals surface area (Å²) >= 11 is 3.36. The molecule has 1 atom stereocenters. The van der Waals surface area contributed by atoms with Crippen LogP contribution in [-0.2, 0) is 17.6 Å². The van der Waals surface area contributed by atoms with Crippen molar-refractivity contribution in [3.05, 3.63) is 21.4 Å². The third-order valence-electron chi connectivity index (χ3n) is 4.36. The number of amides is 1. The molecule has 0 bridgehead atoms. The molecular formula is C16H21NO3S2. The van der Waals surface area contributed by atoms with Crippen LogP contribution in [0.3, 0.4) is 0 Å². The highest BCUT2D eigenvalue weighted by molar-refractivity contribution is 7.99. The van der Waals surface area contributed by atoms with Crippen LogP contribution in [0.5, 0.6) is 0 Å². The zero-order valence-corrected chi connectivity index (χ0v) is 14.2. The van der Waals surface area contributed by atoms with Crippen molar-refractivity contribution >= 4 is 35.0 Å². The van der Waals surface area contributed by atoms with E-state index in [0.29, 0.717) is 6.54 Å². The van der Waals surface area contributed by atoms with Crippen LogP contribution in [0.15, 0.2) is 6.07 Å². The van der Waals surface area contributed by atoms with E-state index < -0.39 is 5.97 Å². The Kier molecular flexibility index (Phi) is 5.08. The summed E-state index contributed by atoms with van der Waals surface area (Å²) in [6, 6.07) is 1.89. The van der Waals surface area contributed by atoms with Crippen LogP contribution < -0.4 is 0 Å². The van der Waals surface area contributed by atoms with Crippen molar-refractivity contribution in [1.82, 2.24) is 4.90 Å². The molecule has 1 aromatic rings. The first-order valence-electron chi connectivity index (χ1n) is 7.87. The first-order chi connectivity index (χ1) is 10.6. The van der Waals surface area contributed by atoms with Gasteiger partial charge in [0.25, 0.3) is 5.91 Å². The van der Waals surface area contributed by atoms with Crippen LogP contribution in [0.25, 0.3) is 0 Å². The van der Waals surface area contributed by atoms with Crippen LogP contribution in [0.2, 0.25) is 0 Å². The number of carboxylic acids is 1. The van der Waals surface area contributed by atoms with Gasteiger partial charge in [0.05, 0.1) is 17.3 Å². The monoisotopic (exact) mass is 339 g/mol. The molecule has 0 spiro atoms. The van der Waals surface area contributed by atoms with Crippen molar-refractivity contribution < 1.29 is 14.7 Å². The molecule has 1 unspecified atom stereocenters. The van der Waals surface area contributed by atoms with Crippen LogP contribution in [0.4, 0.5) is 0 Å². The van der Waals surface area contributed by atoms with Gasteiger partial charge in [0.1, 0.15) is 0 Å². The Hall–Kier alpha value is -1.01. The number of nitrogens with zero attached hydrogens (tertiary/aromatic N) is 1. The Morgan fingerprint density at radius 3 is 2.91 bits per heavy atom. The molecule has 120 valence electrons. The highest BCUT2D eigenvalue weighted by Gasteiger charge is 2.30. The van der Waals surface area contributed by atoms with Crippen molar-refractivity contribution in [3.8, 4) is 0 Å². The number of aliphatic carboxylic acids is 1. The van der Waals surface area contributed by atoms with Crippen LogP contribution in [0, 0.1) is 0 Å². The maximum Gasteiger partial charge on any atom is 0.305 e. The van der Waals surface area contributed by atoms with Gasteiger partial charge >= 0.3 is 5.97 Å². The molecule has 1 N–H and O–H groups in total. The molecule has 22 heavy (non-hydrogen) atoms. The Bertz CT molecular complexity index is 546. The molecule has 0 aromatic carbocycles. The second-order valence-corrected chi connectivity index (χ2v) is 8.23. The van der Waals surface area contributed by atoms with Crippen LogP contribution in [-0.4, -0.2) is 46.0 Å². The summed E-state index contributed by atoms with van der Waals surface area (Å²) in [5, 5.41) is 9.06. The van der Waals surface area contributed by atoms with E-state index >= 15 is 0 Å². The summed E-state index contributed by atoms with van der Waals surface area (Å²) in [7, 11) is 0. The first-order valence-corrected chi connectivity index (χ1v) is 9.84. The van der Waals surface area contributed by atoms with E-state index in [2.05, 4.69) is 6.07 Å². The number of carboxylic acid groups (broad SMARTS) is 1. The molecule has 0 saturated carbocycles. The number of thiophene rings is 1. The number of carbonyl (C=O) groups excluding carboxylic acids is 1. The average Bonchev–Trinajstić information content (AvgIpc) is 2.78. The number of hydrogen-bond acceptors (Lipinski definition) is 4. The second kappa shape index (κ2) is 7.04. The topological polar surface area (TPSA) is 57.6 Å². The lowest BCUT2D eigenvalue weighted by Gasteiger charge is -2.34. The van der Waals surface area contributed by atoms with Crippen LogP contribution in [0.1, 0.15) is 45.8 Å². The van der Waals surface area contributed by atoms with Gasteiger partial charge in [0, 0.05) is 22.9 Å². The predicted molar refractivity (Wildman–Crippen MR) is 90.0 cm³/mol. The highest BCUT2D eigenvalue weighted by atomic mass is 32.2. The molecule has 0 radical (unpaired) electrons. The minimum Gasteiger partial charge on any atom is -0.481 e. The van der Waals surface area contributed by atoms with Gasteiger partial charge in [-0.25, -0.2) is 0 Å². The summed E-state index contributed by atoms with van der Waals surface area (Å²) in [4.78, 5) is 27.8. The van der Waals surface area contributed by atoms with Crippen LogP contribution >= 0.6 is 23.1 Å². The molecular weight excluding hydrogens is 318 g/mol. The molecule has 1 saturated heterocycles. The summed E-state index contributed by atoms with van der Waals surface area (Å²) in [5.74, 6) is 0.827. The van der Waals surface area contributed by atoms with E-state index in [0.717, 1.165) is 29.2 Å². The maximum absolute atomic E-state index is 12.8. The fourth-order valence-corrected chi connectivity index (χ4v) is 5.48. The van der Waals surface area contributed by atoms with E-state index in [1.807, 2.05) is 0 Å². The number of hydrogen-bond donors (Lipinski definition) is 1. The van der Waals surface area contributed by atoms with E-state index in [1.165, 1.54) is 29.7 Å². The second-order valence-electron chi connectivity index (χ2n) is 5.94. The fraction of sp³-hybridized carbons (Fsp3) is 0.625. The molecule has 1 aliphatic heterocycles. The van der Waals surface area contributed by atoms with Gasteiger partial charge in [-0.2, -0.15) is 11.8 Å². The number of thioether (sulfide) groups is 1. The molecule has 6 heteroatoms. The van der Waals surface area contributed by atoms with Crippen molar-refractivity contribution in [3.63, 3.8) is 0 Å². The maximum atomic E-state index is 12.8. The average molecular weight is 339 g/mol. The van der Waals surface area contributed by atoms with E-state index in [4.69, 9.17) is 5.11 Å². The zero-order valence-electron chi connectivity index (χ0n) is 12.5. The van der Waals surface area contributed by atoms with Gasteiger partial charge in [-0.15, -0.1) is 11.3 Å². The Labute approximate surface area is 138 Å². The van der Waals surface area contributed by atoms with Crippen molar-refractivity contribution in [2.75, 3.05) is 18.1 Å². The third kappa shape index (κ3) is 3.49. The van der Waals surface area contributed by atoms with Crippen molar-refractivity contribution in [1.29, 1.82) is 0 Å². The van der Waals surface area contributed by atoms with Gasteiger partial charge in [0.15, 0.2) is 0 Å². The molecule has 1 aliphatic carbocycles. The zero-order chi connectivity index (χ0) is 15.5. The molecule has 2 aliphatic rings. The quantitative estimate of drug-likeness (QED) is 0.860. The van der Waals surface area contributed by atoms with E-state index in [-0.39, 0.29) is 18.4 Å². The van der Waals surface area contributed by atoms with Gasteiger partial charge in [-0.05, 0) is 37.3 Å². The number of carbonyl (C=O) groups is 2. The summed E-state index contributed by atoms with van der Waals surface area (Å²) in [6.45, 7) is 0.657. The summed E-state index contributed by atoms with van der Waals surface area (Å²) in [5.41, 5.74) is 1.34. The lowest BCUT2D eigenvalue weighted by atomic mass is 10.1. The smallest absolute Gasteiger partial charge is 0.305 e. The fourth-order valence-electron chi connectivity index (χ4n) is 3.21. The van der Waals surface area contributed by atoms with Gasteiger partial charge in [-0.1, -0.05) is 6.42 Å². The van der Waals surface area contributed by atoms with Gasteiger partial charge < -0.3 is 10.0 Å². The first kappa shape index (κ1) is 15.9. The lowest BCUT2D eigenvalue weighted by molar-refractivity contribution is -0.138. The number of fused-ring (bicyclic) bond motifs is 1. The molecule has 2 heterocycles. The number of rotatable bonds is 3. The largest absolute Gasteiger partial charge is 0.481 e. The standard InChI is InChI=1S/C16H21NO3S2/c18-15(19)9-12-10-21-7-6-17(12)16(20)14-8-11-4-2-1-3-5-13(11)22-14/h8,12H,1-7,9-10H2,(H,18,19). The minimum atomic E-state index is -0.827. The molecule has 1 aromatic heterocycles. The van der Waals surface area contributed by atoms with E-state index in [1.54, 1.807) is 28.0 Å². The molecule has 1 amide bonds. The van der Waals surface area contributed by atoms with Gasteiger partial charge in [-0.3, -0.25) is 9.59 Å². The summed E-state index contributed by atoms with van der Waals surface area (Å²) < 4.78 is 0. The lowest BCUT2D eigenvalue weighted by Crippen LogP contribution is -2.46. The Morgan fingerprint density at radius 1 is 1.27 bits per heavy atom. The third-order valence-corrected chi connectivity index (χ3v) is 6.67. The van der Waals surface area contributed by atoms with Gasteiger partial charge in [0.2, 0.25) is 0 Å². The minimum absolute atomic E-state index is 0.0321. The summed E-state index contributed by atoms with van der Waals surface area (Å²) in [6.07, 6.45) is 5.90. The molecule has 1 fully saturated rings. The van der Waals surface area contributed by atoms with Crippen molar-refractivity contribution in [2.45, 2.75) is 44.6 Å². The molecule has 4 nitrogen and oxygen atoms in total. The predicted octanol–water partition coefficient (Wildman–Crippen LogP) is 3.05. The highest BCUT2D eigenvalue weighted by Crippen LogP contribution is 2.31. The van der Waals surface area contributed by atoms with E-state index in [9.17, 15) is 9.59 Å². The normalized spacial score (nSPS) is 22.0. The number of aryl methyl sites for hydroxylation is 2. The SMILES string of the molecule is O=C(O)CC1CSCCN1C(=O)c1cc2c(s1)CCCCC2. The Balaban J connectivity index is 1.78. The molecule has 3 rings (SSSR count). The van der Waals surface area contributed by atoms with Crippen molar-refractivity contribution in [2.24, 2.45) is 0 Å².